The molecule has 0 aliphatic carbocycles. The summed E-state index contributed by atoms with van der Waals surface area (Å²) >= 11 is 1.56. The van der Waals surface area contributed by atoms with Gasteiger partial charge in [0.15, 0.2) is 5.82 Å². The van der Waals surface area contributed by atoms with Crippen molar-refractivity contribution in [3.63, 3.8) is 0 Å². The smallest absolute Gasteiger partial charge is 0.305 e. The van der Waals surface area contributed by atoms with E-state index in [0.717, 1.165) is 27.2 Å². The average molecular weight is 357 g/mol. The monoisotopic (exact) mass is 357 g/mol. The number of nitrogens with zero attached hydrogens (tertiary/aromatic N) is 3. The maximum absolute atomic E-state index is 10.9. The minimum Gasteiger partial charge on any atom is -0.481 e. The molecule has 0 aliphatic heterocycles. The van der Waals surface area contributed by atoms with Gasteiger partial charge in [0.2, 0.25) is 0 Å². The highest BCUT2D eigenvalue weighted by Crippen LogP contribution is 2.38. The summed E-state index contributed by atoms with van der Waals surface area (Å²) in [6.45, 7) is 0.687. The Labute approximate surface area is 149 Å². The van der Waals surface area contributed by atoms with Crippen molar-refractivity contribution in [1.82, 2.24) is 9.97 Å². The zero-order valence-corrected chi connectivity index (χ0v) is 14.9. The highest BCUT2D eigenvalue weighted by atomic mass is 32.1. The van der Waals surface area contributed by atoms with Crippen LogP contribution in [-0.2, 0) is 16.1 Å². The molecule has 2 aromatic heterocycles. The molecule has 1 N–H and O–H groups in total. The van der Waals surface area contributed by atoms with E-state index in [9.17, 15) is 4.79 Å². The zero-order chi connectivity index (χ0) is 17.8. The van der Waals surface area contributed by atoms with Crippen molar-refractivity contribution >= 4 is 33.3 Å². The summed E-state index contributed by atoms with van der Waals surface area (Å²) in [6, 6.07) is 10.1. The fraction of sp³-hybridized carbons (Fsp3) is 0.278. The molecule has 0 spiro atoms. The Morgan fingerprint density at radius 1 is 1.28 bits per heavy atom. The predicted molar refractivity (Wildman–Crippen MR) is 99.1 cm³/mol. The van der Waals surface area contributed by atoms with E-state index in [1.807, 2.05) is 42.3 Å². The molecule has 0 saturated heterocycles. The van der Waals surface area contributed by atoms with Gasteiger partial charge in [0.1, 0.15) is 17.3 Å². The second-order valence-electron chi connectivity index (χ2n) is 5.66. The lowest BCUT2D eigenvalue weighted by Gasteiger charge is -2.19. The highest BCUT2D eigenvalue weighted by molar-refractivity contribution is 7.17. The molecule has 25 heavy (non-hydrogen) atoms. The molecule has 0 unspecified atom stereocenters. The summed E-state index contributed by atoms with van der Waals surface area (Å²) in [7, 11) is 3.46. The lowest BCUT2D eigenvalue weighted by Crippen LogP contribution is -2.23. The summed E-state index contributed by atoms with van der Waals surface area (Å²) in [4.78, 5) is 22.9. The number of carbonyl (C=O) groups is 1. The van der Waals surface area contributed by atoms with E-state index in [1.54, 1.807) is 18.4 Å². The van der Waals surface area contributed by atoms with Crippen molar-refractivity contribution in [2.75, 3.05) is 25.6 Å². The number of carboxylic acids is 1. The number of aromatic nitrogens is 2. The van der Waals surface area contributed by atoms with Crippen LogP contribution in [0.1, 0.15) is 12.2 Å². The number of aliphatic carboxylic acids is 1. The molecular weight excluding hydrogens is 338 g/mol. The van der Waals surface area contributed by atoms with Gasteiger partial charge in [-0.2, -0.15) is 0 Å². The molecule has 0 bridgehead atoms. The molecule has 1 aromatic carbocycles. The van der Waals surface area contributed by atoms with E-state index in [1.165, 1.54) is 0 Å². The fourth-order valence-electron chi connectivity index (χ4n) is 2.64. The van der Waals surface area contributed by atoms with Gasteiger partial charge in [-0.25, -0.2) is 9.97 Å². The van der Waals surface area contributed by atoms with E-state index >= 15 is 0 Å². The number of rotatable bonds is 7. The van der Waals surface area contributed by atoms with Gasteiger partial charge < -0.3 is 14.7 Å². The van der Waals surface area contributed by atoms with Gasteiger partial charge in [0.25, 0.3) is 0 Å². The lowest BCUT2D eigenvalue weighted by molar-refractivity contribution is -0.136. The molecule has 0 aliphatic rings. The van der Waals surface area contributed by atoms with Crippen LogP contribution in [0.2, 0.25) is 0 Å². The third-order valence-electron chi connectivity index (χ3n) is 3.84. The van der Waals surface area contributed by atoms with Crippen molar-refractivity contribution < 1.29 is 14.6 Å². The quantitative estimate of drug-likeness (QED) is 0.698. The Bertz CT molecular complexity index is 880. The van der Waals surface area contributed by atoms with Crippen LogP contribution in [0.15, 0.2) is 35.7 Å². The molecule has 130 valence electrons. The first kappa shape index (κ1) is 17.3. The summed E-state index contributed by atoms with van der Waals surface area (Å²) in [5, 5.41) is 12.0. The molecule has 2 heterocycles. The number of ether oxygens (including phenoxy) is 1. The molecule has 0 saturated carbocycles. The van der Waals surface area contributed by atoms with Crippen LogP contribution in [0.25, 0.3) is 21.3 Å². The van der Waals surface area contributed by atoms with E-state index in [2.05, 4.69) is 15.3 Å². The van der Waals surface area contributed by atoms with Crippen LogP contribution in [0, 0.1) is 0 Å². The maximum Gasteiger partial charge on any atom is 0.305 e. The third kappa shape index (κ3) is 3.78. The van der Waals surface area contributed by atoms with Crippen molar-refractivity contribution in [3.8, 4) is 11.1 Å². The number of hydrogen-bond acceptors (Lipinski definition) is 6. The number of fused-ring (bicyclic) bond motifs is 1. The van der Waals surface area contributed by atoms with Crippen LogP contribution < -0.4 is 4.90 Å². The summed E-state index contributed by atoms with van der Waals surface area (Å²) in [5.41, 5.74) is 2.14. The molecule has 3 rings (SSSR count). The first-order chi connectivity index (χ1) is 12.1. The number of hydrogen-bond donors (Lipinski definition) is 1. The van der Waals surface area contributed by atoms with Crippen molar-refractivity contribution in [2.24, 2.45) is 0 Å². The molecule has 0 radical (unpaired) electrons. The van der Waals surface area contributed by atoms with Gasteiger partial charge >= 0.3 is 5.97 Å². The summed E-state index contributed by atoms with van der Waals surface area (Å²) < 4.78 is 5.17. The lowest BCUT2D eigenvalue weighted by atomic mass is 10.1. The van der Waals surface area contributed by atoms with Crippen LogP contribution in [-0.4, -0.2) is 41.7 Å². The Morgan fingerprint density at radius 2 is 2.04 bits per heavy atom. The molecular formula is C18H19N3O3S. The Hall–Kier alpha value is -2.51. The van der Waals surface area contributed by atoms with Gasteiger partial charge in [-0.15, -0.1) is 11.3 Å². The third-order valence-corrected chi connectivity index (χ3v) is 4.71. The number of thiophene rings is 1. The van der Waals surface area contributed by atoms with Crippen LogP contribution in [0.3, 0.4) is 0 Å². The van der Waals surface area contributed by atoms with Gasteiger partial charge in [-0.05, 0) is 5.56 Å². The minimum absolute atomic E-state index is 0.0480. The van der Waals surface area contributed by atoms with Gasteiger partial charge in [0, 0.05) is 31.6 Å². The first-order valence-corrected chi connectivity index (χ1v) is 8.73. The number of anilines is 1. The average Bonchev–Trinajstić information content (AvgIpc) is 3.04. The normalized spacial score (nSPS) is 11.0. The number of methoxy groups -OCH3 is 1. The van der Waals surface area contributed by atoms with Crippen LogP contribution in [0.5, 0.6) is 0 Å². The number of benzene rings is 1. The second-order valence-corrected chi connectivity index (χ2v) is 6.52. The molecule has 0 atom stereocenters. The van der Waals surface area contributed by atoms with Crippen molar-refractivity contribution in [3.05, 3.63) is 41.5 Å². The van der Waals surface area contributed by atoms with Gasteiger partial charge in [-0.1, -0.05) is 30.3 Å². The zero-order valence-electron chi connectivity index (χ0n) is 14.1. The summed E-state index contributed by atoms with van der Waals surface area (Å²) in [5.74, 6) is 0.495. The van der Waals surface area contributed by atoms with Crippen molar-refractivity contribution in [2.45, 2.75) is 13.0 Å². The van der Waals surface area contributed by atoms with E-state index in [4.69, 9.17) is 9.84 Å². The van der Waals surface area contributed by atoms with Gasteiger partial charge in [-0.3, -0.25) is 4.79 Å². The fourth-order valence-corrected chi connectivity index (χ4v) is 3.60. The van der Waals surface area contributed by atoms with Crippen LogP contribution >= 0.6 is 11.3 Å². The Balaban J connectivity index is 2.13. The highest BCUT2D eigenvalue weighted by Gasteiger charge is 2.18. The number of carboxylic acid groups (broad SMARTS) is 1. The topological polar surface area (TPSA) is 75.5 Å². The predicted octanol–water partition coefficient (Wildman–Crippen LogP) is 3.42. The largest absolute Gasteiger partial charge is 0.481 e. The summed E-state index contributed by atoms with van der Waals surface area (Å²) in [6.07, 6.45) is 0.0480. The first-order valence-electron chi connectivity index (χ1n) is 7.85. The Kier molecular flexibility index (Phi) is 5.25. The van der Waals surface area contributed by atoms with E-state index < -0.39 is 5.97 Å². The second kappa shape index (κ2) is 7.58. The van der Waals surface area contributed by atoms with Crippen LogP contribution in [0.4, 0.5) is 5.82 Å². The maximum atomic E-state index is 10.9. The molecule has 0 amide bonds. The molecule has 3 aromatic rings. The Morgan fingerprint density at radius 3 is 2.72 bits per heavy atom. The van der Waals surface area contributed by atoms with Gasteiger partial charge in [0.05, 0.1) is 11.8 Å². The van der Waals surface area contributed by atoms with E-state index in [-0.39, 0.29) is 6.42 Å². The minimum atomic E-state index is -0.831. The standard InChI is InChI=1S/C18H19N3O3S/c1-21(9-8-15(22)23)17-16-13(12-6-4-3-5-7-12)11-25-18(16)20-14(19-17)10-24-2/h3-7,11H,8-10H2,1-2H3,(H,22,23). The molecule has 7 heteroatoms. The molecule has 0 fully saturated rings. The SMILES string of the molecule is COCc1nc(N(C)CCC(=O)O)c2c(-c3ccccc3)csc2n1. The van der Waals surface area contributed by atoms with Crippen molar-refractivity contribution in [1.29, 1.82) is 0 Å². The van der Waals surface area contributed by atoms with E-state index in [0.29, 0.717) is 19.0 Å². The molecule has 6 nitrogen and oxygen atoms in total.